The summed E-state index contributed by atoms with van der Waals surface area (Å²) in [6.45, 7) is -0.142. The number of aliphatic hydroxyl groups is 1. The Morgan fingerprint density at radius 2 is 1.95 bits per heavy atom. The lowest BCUT2D eigenvalue weighted by Crippen LogP contribution is -1.98. The lowest BCUT2D eigenvalue weighted by atomic mass is 10.2. The number of rotatable bonds is 5. The van der Waals surface area contributed by atoms with Gasteiger partial charge in [0.2, 0.25) is 0 Å². The minimum absolute atomic E-state index is 0.142. The molecule has 0 atom stereocenters. The summed E-state index contributed by atoms with van der Waals surface area (Å²) >= 11 is 0. The molecule has 3 rings (SSSR count). The van der Waals surface area contributed by atoms with Crippen molar-refractivity contribution in [3.8, 4) is 28.8 Å². The molecule has 6 nitrogen and oxygen atoms in total. The Hall–Kier alpha value is -2.73. The van der Waals surface area contributed by atoms with Gasteiger partial charge in [0.15, 0.2) is 23.1 Å². The van der Waals surface area contributed by atoms with Crippen LogP contribution in [0.25, 0.3) is 17.3 Å². The van der Waals surface area contributed by atoms with Crippen molar-refractivity contribution in [2.24, 2.45) is 0 Å². The molecule has 0 spiro atoms. The zero-order chi connectivity index (χ0) is 15.5. The fraction of sp³-hybridized carbons (Fsp3) is 0.188. The molecule has 0 aliphatic rings. The molecule has 0 aliphatic heterocycles. The predicted octanol–water partition coefficient (Wildman–Crippen LogP) is 2.64. The molecule has 114 valence electrons. The van der Waals surface area contributed by atoms with Crippen molar-refractivity contribution in [3.63, 3.8) is 0 Å². The van der Waals surface area contributed by atoms with Crippen LogP contribution in [0.3, 0.4) is 0 Å². The van der Waals surface area contributed by atoms with Crippen LogP contribution in [0.4, 0.5) is 0 Å². The molecule has 0 radical (unpaired) electrons. The highest BCUT2D eigenvalue weighted by molar-refractivity contribution is 5.56. The molecule has 2 heterocycles. The van der Waals surface area contributed by atoms with Crippen LogP contribution in [-0.2, 0) is 6.61 Å². The van der Waals surface area contributed by atoms with E-state index in [-0.39, 0.29) is 6.61 Å². The Kier molecular flexibility index (Phi) is 3.84. The summed E-state index contributed by atoms with van der Waals surface area (Å²) in [5.74, 6) is 3.02. The van der Waals surface area contributed by atoms with E-state index in [9.17, 15) is 0 Å². The Morgan fingerprint density at radius 3 is 2.64 bits per heavy atom. The van der Waals surface area contributed by atoms with Gasteiger partial charge in [-0.2, -0.15) is 0 Å². The van der Waals surface area contributed by atoms with Gasteiger partial charge in [-0.25, -0.2) is 4.98 Å². The molecule has 1 N–H and O–H groups in total. The largest absolute Gasteiger partial charge is 0.493 e. The van der Waals surface area contributed by atoms with Gasteiger partial charge in [0.1, 0.15) is 12.4 Å². The third-order valence-electron chi connectivity index (χ3n) is 3.32. The first kappa shape index (κ1) is 14.2. The van der Waals surface area contributed by atoms with Crippen LogP contribution >= 0.6 is 0 Å². The van der Waals surface area contributed by atoms with E-state index in [0.717, 1.165) is 5.69 Å². The average Bonchev–Trinajstić information content (AvgIpc) is 3.22. The summed E-state index contributed by atoms with van der Waals surface area (Å²) in [4.78, 5) is 4.32. The normalized spacial score (nSPS) is 10.7. The van der Waals surface area contributed by atoms with E-state index in [0.29, 0.717) is 28.8 Å². The van der Waals surface area contributed by atoms with Crippen LogP contribution in [-0.4, -0.2) is 28.9 Å². The van der Waals surface area contributed by atoms with Crippen molar-refractivity contribution >= 4 is 0 Å². The second-order valence-electron chi connectivity index (χ2n) is 4.58. The number of imidazole rings is 1. The van der Waals surface area contributed by atoms with Gasteiger partial charge in [-0.1, -0.05) is 0 Å². The molecule has 0 amide bonds. The van der Waals surface area contributed by atoms with E-state index < -0.39 is 0 Å². The van der Waals surface area contributed by atoms with Gasteiger partial charge in [0, 0.05) is 18.5 Å². The molecule has 1 aromatic carbocycles. The van der Waals surface area contributed by atoms with Crippen LogP contribution in [0.1, 0.15) is 5.76 Å². The number of furan rings is 1. The first-order chi connectivity index (χ1) is 10.8. The number of benzene rings is 1. The highest BCUT2D eigenvalue weighted by Crippen LogP contribution is 2.31. The second-order valence-corrected chi connectivity index (χ2v) is 4.58. The Balaban J connectivity index is 2.05. The van der Waals surface area contributed by atoms with E-state index in [1.54, 1.807) is 32.5 Å². The predicted molar refractivity (Wildman–Crippen MR) is 80.3 cm³/mol. The summed E-state index contributed by atoms with van der Waals surface area (Å²) in [7, 11) is 3.19. The standard InChI is InChI=1S/C16H16N2O4/c1-20-13-5-3-11(9-15(13)21-2)18-8-7-17-16(18)14-6-4-12(10-19)22-14/h3-9,19H,10H2,1-2H3. The number of ether oxygens (including phenoxy) is 2. The summed E-state index contributed by atoms with van der Waals surface area (Å²) in [5.41, 5.74) is 0.868. The molecule has 0 fully saturated rings. The quantitative estimate of drug-likeness (QED) is 0.784. The Morgan fingerprint density at radius 1 is 1.14 bits per heavy atom. The van der Waals surface area contributed by atoms with Gasteiger partial charge in [0.05, 0.1) is 19.9 Å². The van der Waals surface area contributed by atoms with E-state index >= 15 is 0 Å². The first-order valence-corrected chi connectivity index (χ1v) is 6.72. The minimum atomic E-state index is -0.142. The second kappa shape index (κ2) is 5.95. The van der Waals surface area contributed by atoms with Gasteiger partial charge < -0.3 is 19.0 Å². The smallest absolute Gasteiger partial charge is 0.180 e. The highest BCUT2D eigenvalue weighted by Gasteiger charge is 2.13. The van der Waals surface area contributed by atoms with E-state index in [1.807, 2.05) is 29.0 Å². The fourth-order valence-electron chi connectivity index (χ4n) is 2.25. The monoisotopic (exact) mass is 300 g/mol. The average molecular weight is 300 g/mol. The molecular weight excluding hydrogens is 284 g/mol. The zero-order valence-electron chi connectivity index (χ0n) is 12.3. The van der Waals surface area contributed by atoms with Crippen LogP contribution in [0.15, 0.2) is 47.1 Å². The molecule has 3 aromatic rings. The van der Waals surface area contributed by atoms with Crippen LogP contribution in [0, 0.1) is 0 Å². The molecule has 0 saturated heterocycles. The van der Waals surface area contributed by atoms with Gasteiger partial charge >= 0.3 is 0 Å². The highest BCUT2D eigenvalue weighted by atomic mass is 16.5. The van der Waals surface area contributed by atoms with Crippen LogP contribution in [0.5, 0.6) is 11.5 Å². The lowest BCUT2D eigenvalue weighted by Gasteiger charge is -2.11. The number of hydrogen-bond acceptors (Lipinski definition) is 5. The summed E-state index contributed by atoms with van der Waals surface area (Å²) < 4.78 is 18.0. The van der Waals surface area contributed by atoms with E-state index in [4.69, 9.17) is 19.0 Å². The number of methoxy groups -OCH3 is 2. The first-order valence-electron chi connectivity index (χ1n) is 6.72. The summed E-state index contributed by atoms with van der Waals surface area (Å²) in [6.07, 6.45) is 3.52. The maximum Gasteiger partial charge on any atom is 0.180 e. The maximum absolute atomic E-state index is 9.11. The van der Waals surface area contributed by atoms with Crippen molar-refractivity contribution in [3.05, 3.63) is 48.5 Å². The van der Waals surface area contributed by atoms with Crippen molar-refractivity contribution < 1.29 is 19.0 Å². The molecule has 6 heteroatoms. The Labute approximate surface area is 127 Å². The van der Waals surface area contributed by atoms with Gasteiger partial charge in [-0.3, -0.25) is 4.57 Å². The van der Waals surface area contributed by atoms with Gasteiger partial charge in [-0.15, -0.1) is 0 Å². The number of nitrogens with zero attached hydrogens (tertiary/aromatic N) is 2. The van der Waals surface area contributed by atoms with Gasteiger partial charge in [0.25, 0.3) is 0 Å². The number of aliphatic hydroxyl groups excluding tert-OH is 1. The molecule has 0 aliphatic carbocycles. The Bertz CT molecular complexity index is 776. The minimum Gasteiger partial charge on any atom is -0.493 e. The van der Waals surface area contributed by atoms with Crippen molar-refractivity contribution in [1.29, 1.82) is 0 Å². The lowest BCUT2D eigenvalue weighted by molar-refractivity contribution is 0.248. The fourth-order valence-corrected chi connectivity index (χ4v) is 2.25. The van der Waals surface area contributed by atoms with Crippen molar-refractivity contribution in [1.82, 2.24) is 9.55 Å². The number of aromatic nitrogens is 2. The molecule has 2 aromatic heterocycles. The topological polar surface area (TPSA) is 69.7 Å². The van der Waals surface area contributed by atoms with Crippen LogP contribution in [0.2, 0.25) is 0 Å². The summed E-state index contributed by atoms with van der Waals surface area (Å²) in [6, 6.07) is 9.11. The molecule has 0 unspecified atom stereocenters. The summed E-state index contributed by atoms with van der Waals surface area (Å²) in [5, 5.41) is 9.11. The van der Waals surface area contributed by atoms with Gasteiger partial charge in [-0.05, 0) is 24.3 Å². The van der Waals surface area contributed by atoms with Crippen LogP contribution < -0.4 is 9.47 Å². The zero-order valence-corrected chi connectivity index (χ0v) is 12.3. The molecular formula is C16H16N2O4. The molecule has 0 saturated carbocycles. The maximum atomic E-state index is 9.11. The molecule has 22 heavy (non-hydrogen) atoms. The molecule has 0 bridgehead atoms. The number of hydrogen-bond donors (Lipinski definition) is 1. The van der Waals surface area contributed by atoms with E-state index in [1.165, 1.54) is 0 Å². The SMILES string of the molecule is COc1ccc(-n2ccnc2-c2ccc(CO)o2)cc1OC. The van der Waals surface area contributed by atoms with Crippen molar-refractivity contribution in [2.75, 3.05) is 14.2 Å². The third kappa shape index (κ3) is 2.44. The van der Waals surface area contributed by atoms with Crippen molar-refractivity contribution in [2.45, 2.75) is 6.61 Å². The van der Waals surface area contributed by atoms with E-state index in [2.05, 4.69) is 4.98 Å². The third-order valence-corrected chi connectivity index (χ3v) is 3.32.